The number of fused-ring (bicyclic) bond motifs is 2. The van der Waals surface area contributed by atoms with Crippen LogP contribution in [0.25, 0.3) is 16.8 Å². The van der Waals surface area contributed by atoms with Crippen molar-refractivity contribution in [3.63, 3.8) is 0 Å². The van der Waals surface area contributed by atoms with Gasteiger partial charge in [0.1, 0.15) is 17.6 Å². The van der Waals surface area contributed by atoms with Gasteiger partial charge in [-0.25, -0.2) is 4.99 Å². The molecule has 1 aliphatic rings. The van der Waals surface area contributed by atoms with Gasteiger partial charge in [-0.2, -0.15) is 0 Å². The summed E-state index contributed by atoms with van der Waals surface area (Å²) in [4.78, 5) is 37.1. The molecular weight excluding hydrogens is 592 g/mol. The number of halogens is 1. The van der Waals surface area contributed by atoms with Crippen LogP contribution in [0.4, 0.5) is 5.88 Å². The second-order valence-electron chi connectivity index (χ2n) is 9.66. The number of carbonyl (C=O) groups is 1. The molecule has 0 radical (unpaired) electrons. The van der Waals surface area contributed by atoms with Gasteiger partial charge in [-0.15, -0.1) is 0 Å². The van der Waals surface area contributed by atoms with Crippen LogP contribution in [0.3, 0.4) is 0 Å². The van der Waals surface area contributed by atoms with Crippen molar-refractivity contribution in [3.05, 3.63) is 89.2 Å². The highest BCUT2D eigenvalue weighted by Crippen LogP contribution is 2.40. The molecule has 0 bridgehead atoms. The minimum Gasteiger partial charge on any atom is -0.496 e. The number of hydrogen-bond donors (Lipinski definition) is 0. The van der Waals surface area contributed by atoms with Gasteiger partial charge in [0.15, 0.2) is 4.80 Å². The summed E-state index contributed by atoms with van der Waals surface area (Å²) in [6.07, 6.45) is 1.73. The number of thiazole rings is 1. The maximum Gasteiger partial charge on any atom is 0.271 e. The fraction of sp³-hybridized carbons (Fsp3) is 0.300. The predicted molar refractivity (Wildman–Crippen MR) is 163 cm³/mol. The predicted octanol–water partition coefficient (Wildman–Crippen LogP) is 4.69. The Balaban J connectivity index is 1.83. The quantitative estimate of drug-likeness (QED) is 0.299. The van der Waals surface area contributed by atoms with Crippen molar-refractivity contribution in [2.45, 2.75) is 26.8 Å². The number of furan rings is 1. The van der Waals surface area contributed by atoms with Crippen LogP contribution in [0.15, 0.2) is 72.4 Å². The molecule has 2 aromatic carbocycles. The molecule has 2 aromatic heterocycles. The number of anilines is 1. The van der Waals surface area contributed by atoms with Crippen LogP contribution in [-0.4, -0.2) is 49.7 Å². The van der Waals surface area contributed by atoms with Crippen molar-refractivity contribution >= 4 is 55.9 Å². The molecule has 8 nitrogen and oxygen atoms in total. The third kappa shape index (κ3) is 4.69. The van der Waals surface area contributed by atoms with Crippen molar-refractivity contribution in [3.8, 4) is 5.75 Å². The zero-order valence-electron chi connectivity index (χ0n) is 23.3. The van der Waals surface area contributed by atoms with E-state index in [0.29, 0.717) is 51.1 Å². The number of benzene rings is 2. The lowest BCUT2D eigenvalue weighted by Crippen LogP contribution is -2.43. The molecule has 0 N–H and O–H groups in total. The van der Waals surface area contributed by atoms with E-state index in [-0.39, 0.29) is 11.5 Å². The van der Waals surface area contributed by atoms with Gasteiger partial charge in [0, 0.05) is 44.9 Å². The SMILES string of the molecule is CCN(CC)C(=O)C1=C(C)N=c2s/c(=C/c3cc(Br)c(N(C)C)o3)c(=O)n2[C@H]1c1c(OC)ccc2ccccc12. The maximum absolute atomic E-state index is 14.2. The number of methoxy groups -OCH3 is 1. The average molecular weight is 624 g/mol. The molecule has 0 unspecified atom stereocenters. The zero-order valence-corrected chi connectivity index (χ0v) is 25.7. The Labute approximate surface area is 244 Å². The molecule has 40 heavy (non-hydrogen) atoms. The Morgan fingerprint density at radius 1 is 1.20 bits per heavy atom. The highest BCUT2D eigenvalue weighted by molar-refractivity contribution is 9.10. The van der Waals surface area contributed by atoms with Crippen molar-refractivity contribution < 1.29 is 13.9 Å². The van der Waals surface area contributed by atoms with E-state index in [4.69, 9.17) is 14.1 Å². The fourth-order valence-corrected chi connectivity index (χ4v) is 6.85. The van der Waals surface area contributed by atoms with Gasteiger partial charge in [0.25, 0.3) is 11.5 Å². The first-order valence-corrected chi connectivity index (χ1v) is 14.6. The van der Waals surface area contributed by atoms with Gasteiger partial charge < -0.3 is 19.0 Å². The lowest BCUT2D eigenvalue weighted by molar-refractivity contribution is -0.127. The van der Waals surface area contributed by atoms with Crippen LogP contribution in [0.2, 0.25) is 0 Å². The van der Waals surface area contributed by atoms with E-state index in [1.54, 1.807) is 22.7 Å². The number of ether oxygens (including phenoxy) is 1. The number of nitrogens with zero attached hydrogens (tertiary/aromatic N) is 4. The summed E-state index contributed by atoms with van der Waals surface area (Å²) in [5, 5.41) is 1.90. The first kappa shape index (κ1) is 27.9. The van der Waals surface area contributed by atoms with Crippen molar-refractivity contribution in [1.29, 1.82) is 0 Å². The molecule has 4 aromatic rings. The number of aromatic nitrogens is 1. The highest BCUT2D eigenvalue weighted by Gasteiger charge is 2.36. The number of likely N-dealkylation sites (N-methyl/N-ethyl adjacent to an activating group) is 1. The Kier molecular flexibility index (Phi) is 7.74. The number of carbonyl (C=O) groups excluding carboxylic acids is 1. The Morgan fingerprint density at radius 3 is 2.58 bits per heavy atom. The molecule has 3 heterocycles. The minimum absolute atomic E-state index is 0.147. The monoisotopic (exact) mass is 622 g/mol. The molecule has 1 atom stereocenters. The molecule has 1 amide bonds. The summed E-state index contributed by atoms with van der Waals surface area (Å²) in [7, 11) is 5.38. The summed E-state index contributed by atoms with van der Waals surface area (Å²) < 4.78 is 14.7. The standard InChI is InChI=1S/C30H31BrN4O4S/c1-7-34(8-2)28(37)24-17(3)32-30-35(26(24)25-20-12-10-9-11-18(20)13-14-22(25)38-6)27(36)23(40-30)16-19-15-21(31)29(39-19)33(4)5/h9-16,26H,7-8H2,1-6H3/b23-16+/t26-/m1/s1. The smallest absolute Gasteiger partial charge is 0.271 e. The van der Waals surface area contributed by atoms with Crippen LogP contribution < -0.4 is 24.5 Å². The van der Waals surface area contributed by atoms with Crippen molar-refractivity contribution in [2.24, 2.45) is 4.99 Å². The molecule has 0 saturated heterocycles. The van der Waals surface area contributed by atoms with Gasteiger partial charge in [-0.1, -0.05) is 41.7 Å². The molecule has 10 heteroatoms. The molecule has 0 spiro atoms. The molecule has 0 fully saturated rings. The number of amides is 1. The van der Waals surface area contributed by atoms with E-state index in [0.717, 1.165) is 20.8 Å². The molecule has 5 rings (SSSR count). The summed E-state index contributed by atoms with van der Waals surface area (Å²) in [5.74, 6) is 1.64. The molecule has 208 valence electrons. The summed E-state index contributed by atoms with van der Waals surface area (Å²) >= 11 is 4.80. The van der Waals surface area contributed by atoms with E-state index in [2.05, 4.69) is 15.9 Å². The van der Waals surface area contributed by atoms with Crippen LogP contribution in [0, 0.1) is 0 Å². The van der Waals surface area contributed by atoms with Crippen LogP contribution in [0.1, 0.15) is 38.1 Å². The van der Waals surface area contributed by atoms with Gasteiger partial charge in [0.2, 0.25) is 5.88 Å². The fourth-order valence-electron chi connectivity index (χ4n) is 5.17. The van der Waals surface area contributed by atoms with E-state index in [9.17, 15) is 9.59 Å². The normalized spacial score (nSPS) is 15.3. The molecule has 0 saturated carbocycles. The van der Waals surface area contributed by atoms with Crippen molar-refractivity contribution in [1.82, 2.24) is 9.47 Å². The van der Waals surface area contributed by atoms with E-state index in [1.165, 1.54) is 11.3 Å². The Hall–Kier alpha value is -3.63. The Bertz CT molecular complexity index is 1830. The third-order valence-corrected chi connectivity index (χ3v) is 8.65. The number of allylic oxidation sites excluding steroid dienone is 1. The molecule has 0 aliphatic carbocycles. The van der Waals surface area contributed by atoms with E-state index >= 15 is 0 Å². The lowest BCUT2D eigenvalue weighted by Gasteiger charge is -2.30. The first-order chi connectivity index (χ1) is 19.2. The van der Waals surface area contributed by atoms with Crippen LogP contribution >= 0.6 is 27.3 Å². The number of hydrogen-bond acceptors (Lipinski definition) is 7. The number of rotatable bonds is 7. The van der Waals surface area contributed by atoms with Crippen molar-refractivity contribution in [2.75, 3.05) is 39.2 Å². The minimum atomic E-state index is -0.728. The second-order valence-corrected chi connectivity index (χ2v) is 11.5. The van der Waals surface area contributed by atoms with Gasteiger partial charge in [0.05, 0.1) is 27.4 Å². The van der Waals surface area contributed by atoms with Gasteiger partial charge in [-0.05, 0) is 53.5 Å². The highest BCUT2D eigenvalue weighted by atomic mass is 79.9. The average Bonchev–Trinajstić information content (AvgIpc) is 3.46. The largest absolute Gasteiger partial charge is 0.496 e. The van der Waals surface area contributed by atoms with Crippen LogP contribution in [-0.2, 0) is 4.79 Å². The summed E-state index contributed by atoms with van der Waals surface area (Å²) in [6.45, 7) is 6.81. The first-order valence-electron chi connectivity index (χ1n) is 13.0. The summed E-state index contributed by atoms with van der Waals surface area (Å²) in [5.41, 5.74) is 1.56. The molecule has 1 aliphatic heterocycles. The van der Waals surface area contributed by atoms with E-state index < -0.39 is 6.04 Å². The molecular formula is C30H31BrN4O4S. The zero-order chi connectivity index (χ0) is 28.7. The van der Waals surface area contributed by atoms with Gasteiger partial charge >= 0.3 is 0 Å². The Morgan fingerprint density at radius 2 is 1.93 bits per heavy atom. The third-order valence-electron chi connectivity index (χ3n) is 7.09. The van der Waals surface area contributed by atoms with Gasteiger partial charge in [-0.3, -0.25) is 14.2 Å². The topological polar surface area (TPSA) is 80.3 Å². The second kappa shape index (κ2) is 11.1. The summed E-state index contributed by atoms with van der Waals surface area (Å²) in [6, 6.07) is 12.9. The van der Waals surface area contributed by atoms with Crippen LogP contribution in [0.5, 0.6) is 5.75 Å². The lowest BCUT2D eigenvalue weighted by atomic mass is 9.90. The maximum atomic E-state index is 14.2. The van der Waals surface area contributed by atoms with E-state index in [1.807, 2.05) is 82.2 Å².